The average Bonchev–Trinajstić information content (AvgIpc) is 3.42. The van der Waals surface area contributed by atoms with Gasteiger partial charge in [-0.05, 0) is 55.3 Å². The van der Waals surface area contributed by atoms with Gasteiger partial charge in [0, 0.05) is 46.6 Å². The Balaban J connectivity index is 1.48. The molecule has 2 saturated heterocycles. The van der Waals surface area contributed by atoms with Crippen LogP contribution in [-0.2, 0) is 4.79 Å². The van der Waals surface area contributed by atoms with Crippen molar-refractivity contribution in [3.05, 3.63) is 11.4 Å². The summed E-state index contributed by atoms with van der Waals surface area (Å²) in [5.74, 6) is 1.93. The van der Waals surface area contributed by atoms with E-state index in [9.17, 15) is 9.59 Å². The van der Waals surface area contributed by atoms with Gasteiger partial charge in [-0.1, -0.05) is 12.8 Å². The van der Waals surface area contributed by atoms with E-state index in [1.165, 1.54) is 25.7 Å². The third kappa shape index (κ3) is 3.38. The maximum atomic E-state index is 13.2. The normalized spacial score (nSPS) is 35.2. The van der Waals surface area contributed by atoms with Crippen molar-refractivity contribution in [3.8, 4) is 0 Å². The lowest BCUT2D eigenvalue weighted by molar-refractivity contribution is -0.135. The number of urea groups is 1. The van der Waals surface area contributed by atoms with E-state index in [1.54, 1.807) is 4.90 Å². The lowest BCUT2D eigenvalue weighted by Gasteiger charge is -2.38. The Morgan fingerprint density at radius 1 is 1.07 bits per heavy atom. The van der Waals surface area contributed by atoms with E-state index in [2.05, 4.69) is 4.85 Å². The van der Waals surface area contributed by atoms with E-state index in [0.29, 0.717) is 24.2 Å². The number of amides is 3. The molecule has 1 unspecified atom stereocenters. The van der Waals surface area contributed by atoms with E-state index in [4.69, 9.17) is 6.57 Å². The second-order valence-corrected chi connectivity index (χ2v) is 9.87. The van der Waals surface area contributed by atoms with Crippen molar-refractivity contribution in [1.82, 2.24) is 14.7 Å². The lowest BCUT2D eigenvalue weighted by atomic mass is 9.69. The molecule has 0 radical (unpaired) electrons. The molecule has 2 aliphatic heterocycles. The molecule has 2 saturated carbocycles. The molecule has 6 heteroatoms. The van der Waals surface area contributed by atoms with E-state index < -0.39 is 0 Å². The van der Waals surface area contributed by atoms with Crippen molar-refractivity contribution in [1.29, 1.82) is 0 Å². The number of hydrogen-bond acceptors (Lipinski definition) is 2. The smallest absolute Gasteiger partial charge is 0.319 e. The fourth-order valence-electron chi connectivity index (χ4n) is 6.71. The van der Waals surface area contributed by atoms with Crippen molar-refractivity contribution in [2.24, 2.45) is 23.2 Å². The molecule has 3 amide bonds. The zero-order chi connectivity index (χ0) is 19.9. The van der Waals surface area contributed by atoms with Crippen LogP contribution < -0.4 is 0 Å². The van der Waals surface area contributed by atoms with Gasteiger partial charge in [0.15, 0.2) is 0 Å². The Hall–Kier alpha value is -1.77. The predicted molar refractivity (Wildman–Crippen MR) is 107 cm³/mol. The number of nitrogens with zero attached hydrogens (tertiary/aromatic N) is 4. The Morgan fingerprint density at radius 3 is 2.29 bits per heavy atom. The van der Waals surface area contributed by atoms with Gasteiger partial charge in [0.25, 0.3) is 0 Å². The van der Waals surface area contributed by atoms with Gasteiger partial charge in [0.1, 0.15) is 0 Å². The second kappa shape index (κ2) is 7.57. The molecule has 6 nitrogen and oxygen atoms in total. The van der Waals surface area contributed by atoms with Crippen molar-refractivity contribution in [2.75, 3.05) is 33.7 Å². The van der Waals surface area contributed by atoms with Crippen LogP contribution in [0.2, 0.25) is 0 Å². The van der Waals surface area contributed by atoms with Crippen LogP contribution in [0, 0.1) is 29.7 Å². The van der Waals surface area contributed by atoms with E-state index in [0.717, 1.165) is 45.3 Å². The minimum atomic E-state index is -0.234. The first-order valence-electron chi connectivity index (χ1n) is 11.1. The Bertz CT molecular complexity index is 650. The standard InChI is InChI=1S/C22H34N4O2/c1-23-19-9-6-10-26(19)20(27)13-22(18-7-4-5-8-18)11-16-14-25(15-17(16)12-22)21(28)24(2)3/h16-19H,4-15H2,2-3H3/t16-,17+,19-,22?/m0/s1. The minimum absolute atomic E-state index is 0.103. The predicted octanol–water partition coefficient (Wildman–Crippen LogP) is 3.44. The third-order valence-electron chi connectivity index (χ3n) is 7.98. The van der Waals surface area contributed by atoms with Crippen LogP contribution in [0.4, 0.5) is 4.79 Å². The number of likely N-dealkylation sites (tertiary alicyclic amines) is 2. The quantitative estimate of drug-likeness (QED) is 0.698. The fourth-order valence-corrected chi connectivity index (χ4v) is 6.71. The van der Waals surface area contributed by atoms with Crippen LogP contribution in [0.1, 0.15) is 57.8 Å². The Morgan fingerprint density at radius 2 is 1.71 bits per heavy atom. The minimum Gasteiger partial charge on any atom is -0.331 e. The molecule has 154 valence electrons. The molecule has 0 aromatic carbocycles. The highest BCUT2D eigenvalue weighted by atomic mass is 16.2. The Labute approximate surface area is 169 Å². The summed E-state index contributed by atoms with van der Waals surface area (Å²) in [7, 11) is 3.64. The topological polar surface area (TPSA) is 48.2 Å². The number of fused-ring (bicyclic) bond motifs is 1. The number of carbonyl (C=O) groups is 2. The van der Waals surface area contributed by atoms with Gasteiger partial charge in [0.05, 0.1) is 0 Å². The van der Waals surface area contributed by atoms with Gasteiger partial charge >= 0.3 is 12.2 Å². The van der Waals surface area contributed by atoms with Crippen LogP contribution >= 0.6 is 0 Å². The molecule has 4 fully saturated rings. The summed E-state index contributed by atoms with van der Waals surface area (Å²) in [5, 5.41) is 0. The van der Waals surface area contributed by atoms with Gasteiger partial charge in [-0.15, -0.1) is 0 Å². The number of carbonyl (C=O) groups excluding carboxylic acids is 2. The zero-order valence-corrected chi connectivity index (χ0v) is 17.4. The van der Waals surface area contributed by atoms with Crippen LogP contribution in [0.15, 0.2) is 0 Å². The first-order chi connectivity index (χ1) is 13.4. The van der Waals surface area contributed by atoms with Gasteiger partial charge in [-0.2, -0.15) is 0 Å². The molecule has 2 aliphatic carbocycles. The number of hydrogen-bond donors (Lipinski definition) is 0. The number of rotatable bonds is 3. The van der Waals surface area contributed by atoms with E-state index in [1.807, 2.05) is 23.9 Å². The highest BCUT2D eigenvalue weighted by Crippen LogP contribution is 2.58. The summed E-state index contributed by atoms with van der Waals surface area (Å²) >= 11 is 0. The molecule has 2 heterocycles. The summed E-state index contributed by atoms with van der Waals surface area (Å²) in [5.41, 5.74) is 0.103. The van der Waals surface area contributed by atoms with Crippen molar-refractivity contribution in [3.63, 3.8) is 0 Å². The Kier molecular flexibility index (Phi) is 5.28. The van der Waals surface area contributed by atoms with Crippen LogP contribution in [0.5, 0.6) is 0 Å². The molecule has 4 atom stereocenters. The molecular weight excluding hydrogens is 352 g/mol. The molecule has 4 aliphatic rings. The van der Waals surface area contributed by atoms with Crippen LogP contribution in [0.3, 0.4) is 0 Å². The van der Waals surface area contributed by atoms with E-state index >= 15 is 0 Å². The molecule has 0 spiro atoms. The highest BCUT2D eigenvalue weighted by Gasteiger charge is 2.55. The SMILES string of the molecule is [C-]#[N+][C@@H]1CCCN1C(=O)CC1(C2CCCC2)C[C@H]2CN(C(=O)N(C)C)C[C@H]2C1. The van der Waals surface area contributed by atoms with E-state index in [-0.39, 0.29) is 23.5 Å². The maximum Gasteiger partial charge on any atom is 0.319 e. The second-order valence-electron chi connectivity index (χ2n) is 9.87. The fraction of sp³-hybridized carbons (Fsp3) is 0.864. The molecular formula is C22H34N4O2. The molecule has 0 aromatic rings. The summed E-state index contributed by atoms with van der Waals surface area (Å²) in [4.78, 5) is 34.8. The lowest BCUT2D eigenvalue weighted by Crippen LogP contribution is -2.41. The first-order valence-corrected chi connectivity index (χ1v) is 11.1. The summed E-state index contributed by atoms with van der Waals surface area (Å²) in [6.07, 6.45) is 9.42. The van der Waals surface area contributed by atoms with Crippen LogP contribution in [0.25, 0.3) is 4.85 Å². The molecule has 0 bridgehead atoms. The van der Waals surface area contributed by atoms with Crippen molar-refractivity contribution >= 4 is 11.9 Å². The monoisotopic (exact) mass is 386 g/mol. The third-order valence-corrected chi connectivity index (χ3v) is 7.98. The largest absolute Gasteiger partial charge is 0.331 e. The molecule has 28 heavy (non-hydrogen) atoms. The van der Waals surface area contributed by atoms with Gasteiger partial charge in [-0.3, -0.25) is 14.5 Å². The average molecular weight is 387 g/mol. The van der Waals surface area contributed by atoms with Crippen LogP contribution in [-0.4, -0.2) is 66.5 Å². The van der Waals surface area contributed by atoms with Gasteiger partial charge < -0.3 is 9.80 Å². The van der Waals surface area contributed by atoms with Crippen molar-refractivity contribution < 1.29 is 9.59 Å². The van der Waals surface area contributed by atoms with Crippen molar-refractivity contribution in [2.45, 2.75) is 64.0 Å². The zero-order valence-electron chi connectivity index (χ0n) is 17.4. The molecule has 0 N–H and O–H groups in total. The first kappa shape index (κ1) is 19.5. The summed E-state index contributed by atoms with van der Waals surface area (Å²) < 4.78 is 0. The molecule has 0 aromatic heterocycles. The molecule has 4 rings (SSSR count). The highest BCUT2D eigenvalue weighted by molar-refractivity contribution is 5.78. The van der Waals surface area contributed by atoms with Gasteiger partial charge in [-0.25, -0.2) is 11.4 Å². The summed E-state index contributed by atoms with van der Waals surface area (Å²) in [6.45, 7) is 9.86. The maximum absolute atomic E-state index is 13.2. The van der Waals surface area contributed by atoms with Gasteiger partial charge in [0.2, 0.25) is 5.91 Å². The summed E-state index contributed by atoms with van der Waals surface area (Å²) in [6, 6.07) is 0.119.